The van der Waals surface area contributed by atoms with Gasteiger partial charge in [-0.15, -0.1) is 0 Å². The molecule has 0 atom stereocenters. The van der Waals surface area contributed by atoms with Gasteiger partial charge in [-0.1, -0.05) is 0 Å². The van der Waals surface area contributed by atoms with Gasteiger partial charge in [0, 0.05) is 0 Å². The summed E-state index contributed by atoms with van der Waals surface area (Å²) in [6.07, 6.45) is 0. The van der Waals surface area contributed by atoms with Crippen LogP contribution in [0.1, 0.15) is 0 Å². The molecule has 0 amide bonds. The molecule has 3 heteroatoms. The van der Waals surface area contributed by atoms with Crippen LogP contribution in [-0.4, -0.2) is 4.35 Å². The van der Waals surface area contributed by atoms with Gasteiger partial charge in [0.05, 0.1) is 0 Å². The summed E-state index contributed by atoms with van der Waals surface area (Å²) in [4.78, 5) is 8.98. The summed E-state index contributed by atoms with van der Waals surface area (Å²) in [6.45, 7) is 0. The van der Waals surface area contributed by atoms with E-state index in [-0.39, 0.29) is 0 Å². The Morgan fingerprint density at radius 2 is 2.25 bits per heavy atom. The Balaban J connectivity index is 3.11. The topological polar surface area (TPSA) is 17.1 Å². The van der Waals surface area contributed by atoms with E-state index in [9.17, 15) is 0 Å². The van der Waals surface area contributed by atoms with Gasteiger partial charge in [0.2, 0.25) is 0 Å². The molecule has 0 rings (SSSR count). The Hall–Kier alpha value is 0.532. The second-order valence-electron chi connectivity index (χ2n) is 0.149. The Labute approximate surface area is 35.6 Å². The normalized spacial score (nSPS) is 5.25. The first-order valence-corrected chi connectivity index (χ1v) is 5.26. The molecule has 0 aromatic heterocycles. The molecule has 0 unspecified atom stereocenters. The van der Waals surface area contributed by atoms with Crippen LogP contribution < -0.4 is 0 Å². The number of carbonyl (C=O) groups excluding carboxylic acids is 1. The summed E-state index contributed by atoms with van der Waals surface area (Å²) >= 11 is -0.998. The summed E-state index contributed by atoms with van der Waals surface area (Å²) < 4.78 is 1.60. The predicted molar refractivity (Wildman–Crippen MR) is 11.5 cm³/mol. The first-order chi connectivity index (χ1) is 1.91. The van der Waals surface area contributed by atoms with Gasteiger partial charge < -0.3 is 0 Å². The molecule has 0 aromatic carbocycles. The summed E-state index contributed by atoms with van der Waals surface area (Å²) in [5.41, 5.74) is 0. The molecule has 0 N–H and O–H groups in total. The van der Waals surface area contributed by atoms with Gasteiger partial charge in [0.15, 0.2) is 0 Å². The molecular formula is CClORe. The third-order valence-corrected chi connectivity index (χ3v) is 0.716. The van der Waals surface area contributed by atoms with Crippen LogP contribution in [0.2, 0.25) is 0 Å². The molecule has 0 aromatic rings. The Morgan fingerprint density at radius 3 is 2.25 bits per heavy atom. The monoisotopic (exact) mass is 250 g/mol. The number of rotatable bonds is 0. The summed E-state index contributed by atoms with van der Waals surface area (Å²) in [7, 11) is 4.92. The maximum atomic E-state index is 8.98. The van der Waals surface area contributed by atoms with Crippen molar-refractivity contribution in [2.24, 2.45) is 0 Å². The molecule has 0 fully saturated rings. The van der Waals surface area contributed by atoms with Gasteiger partial charge in [-0.3, -0.25) is 0 Å². The van der Waals surface area contributed by atoms with Crippen LogP contribution in [0.5, 0.6) is 0 Å². The van der Waals surface area contributed by atoms with Crippen molar-refractivity contribution in [2.45, 2.75) is 0 Å². The van der Waals surface area contributed by atoms with Gasteiger partial charge in [0.1, 0.15) is 0 Å². The summed E-state index contributed by atoms with van der Waals surface area (Å²) in [5.74, 6) is 0. The van der Waals surface area contributed by atoms with Crippen LogP contribution in [0.15, 0.2) is 0 Å². The molecule has 0 heterocycles. The third kappa shape index (κ3) is 2.53. The molecule has 0 saturated carbocycles. The van der Waals surface area contributed by atoms with Crippen molar-refractivity contribution in [3.05, 3.63) is 0 Å². The molecule has 0 radical (unpaired) electrons. The zero-order valence-corrected chi connectivity index (χ0v) is 5.14. The van der Waals surface area contributed by atoms with Crippen molar-refractivity contribution in [2.75, 3.05) is 0 Å². The average molecular weight is 250 g/mol. The molecule has 4 heavy (non-hydrogen) atoms. The maximum absolute atomic E-state index is 8.98. The van der Waals surface area contributed by atoms with Crippen LogP contribution in [-0.2, 0) is 21.3 Å². The van der Waals surface area contributed by atoms with Crippen molar-refractivity contribution in [1.29, 1.82) is 0 Å². The minimum atomic E-state index is -0.998. The van der Waals surface area contributed by atoms with E-state index in [1.165, 1.54) is 0 Å². The van der Waals surface area contributed by atoms with Crippen LogP contribution in [0.25, 0.3) is 0 Å². The first kappa shape index (κ1) is 4.53. The van der Waals surface area contributed by atoms with Gasteiger partial charge in [-0.2, -0.15) is 0 Å². The van der Waals surface area contributed by atoms with E-state index in [4.69, 9.17) is 14.3 Å². The quantitative estimate of drug-likeness (QED) is 0.603. The molecule has 0 aliphatic heterocycles. The Morgan fingerprint density at radius 1 is 2.00 bits per heavy atom. The van der Waals surface area contributed by atoms with Crippen LogP contribution >= 0.6 is 9.53 Å². The van der Waals surface area contributed by atoms with Gasteiger partial charge in [-0.05, 0) is 0 Å². The predicted octanol–water partition coefficient (Wildman–Crippen LogP) is 0.290. The molecular weight excluding hydrogens is 250 g/mol. The standard InChI is InChI=1S/CO.ClH.Re/c1-2;;/h;1H;/q;;+1/p-1. The van der Waals surface area contributed by atoms with E-state index < -0.39 is 16.5 Å². The van der Waals surface area contributed by atoms with E-state index in [0.29, 0.717) is 0 Å². The minimum absolute atomic E-state index is 0.998. The van der Waals surface area contributed by atoms with Crippen molar-refractivity contribution < 1.29 is 21.3 Å². The molecule has 0 spiro atoms. The summed E-state index contributed by atoms with van der Waals surface area (Å²) in [5, 5.41) is 0. The van der Waals surface area contributed by atoms with Crippen molar-refractivity contribution >= 4 is 13.9 Å². The third-order valence-electron chi connectivity index (χ3n) is 0.0292. The van der Waals surface area contributed by atoms with E-state index in [1.807, 2.05) is 0 Å². The average Bonchev–Trinajstić information content (AvgIpc) is 1.37. The Bertz CT molecular complexity index is 46.0. The molecule has 0 saturated heterocycles. The molecule has 1 nitrogen and oxygen atoms in total. The molecule has 0 bridgehead atoms. The van der Waals surface area contributed by atoms with E-state index in [0.717, 1.165) is 0 Å². The fourth-order valence-corrected chi connectivity index (χ4v) is 0. The van der Waals surface area contributed by atoms with Crippen molar-refractivity contribution in [3.63, 3.8) is 0 Å². The fraction of sp³-hybridized carbons (Fsp3) is 0. The SMILES string of the molecule is O=[C]=[Re][Cl]. The van der Waals surface area contributed by atoms with Gasteiger partial charge in [0.25, 0.3) is 0 Å². The van der Waals surface area contributed by atoms with Gasteiger partial charge >= 0.3 is 35.2 Å². The molecule has 24 valence electrons. The van der Waals surface area contributed by atoms with E-state index >= 15 is 0 Å². The molecule has 0 aliphatic carbocycles. The fourth-order valence-electron chi connectivity index (χ4n) is 0. The Kier molecular flexibility index (Phi) is 4.00. The van der Waals surface area contributed by atoms with Gasteiger partial charge in [-0.25, -0.2) is 0 Å². The number of halogens is 1. The zero-order chi connectivity index (χ0) is 3.41. The zero-order valence-electron chi connectivity index (χ0n) is 1.66. The van der Waals surface area contributed by atoms with Crippen LogP contribution in [0.4, 0.5) is 0 Å². The van der Waals surface area contributed by atoms with Crippen molar-refractivity contribution in [3.8, 4) is 0 Å². The number of hydrogen-bond donors (Lipinski definition) is 0. The van der Waals surface area contributed by atoms with E-state index in [1.54, 1.807) is 4.35 Å². The second-order valence-corrected chi connectivity index (χ2v) is 2.39. The number of hydrogen-bond acceptors (Lipinski definition) is 1. The van der Waals surface area contributed by atoms with E-state index in [2.05, 4.69) is 0 Å². The molecule has 0 aliphatic rings. The van der Waals surface area contributed by atoms with Crippen LogP contribution in [0, 0.1) is 0 Å². The second kappa shape index (κ2) is 3.53. The van der Waals surface area contributed by atoms with Crippen molar-refractivity contribution in [1.82, 2.24) is 0 Å². The van der Waals surface area contributed by atoms with Crippen LogP contribution in [0.3, 0.4) is 0 Å². The first-order valence-electron chi connectivity index (χ1n) is 0.536. The summed E-state index contributed by atoms with van der Waals surface area (Å²) in [6, 6.07) is 0.